The van der Waals surface area contributed by atoms with Gasteiger partial charge in [0.25, 0.3) is 5.91 Å². The highest BCUT2D eigenvalue weighted by atomic mass is 32.2. The summed E-state index contributed by atoms with van der Waals surface area (Å²) in [5.74, 6) is -0.536. The molecule has 1 aliphatic rings. The summed E-state index contributed by atoms with van der Waals surface area (Å²) in [5, 5.41) is 8.11. The van der Waals surface area contributed by atoms with E-state index in [2.05, 4.69) is 47.5 Å². The van der Waals surface area contributed by atoms with E-state index < -0.39 is 10.0 Å². The van der Waals surface area contributed by atoms with E-state index in [1.165, 1.54) is 33.3 Å². The highest BCUT2D eigenvalue weighted by Gasteiger charge is 2.34. The predicted molar refractivity (Wildman–Crippen MR) is 141 cm³/mol. The minimum Gasteiger partial charge on any atom is -0.352 e. The first kappa shape index (κ1) is 25.6. The summed E-state index contributed by atoms with van der Waals surface area (Å²) in [5.41, 5.74) is 1.55. The van der Waals surface area contributed by atoms with Gasteiger partial charge in [-0.25, -0.2) is 8.42 Å². The zero-order chi connectivity index (χ0) is 25.7. The van der Waals surface area contributed by atoms with Crippen LogP contribution in [0.4, 0.5) is 0 Å². The molecule has 0 aliphatic carbocycles. The molecule has 188 valence electrons. The standard InChI is InChI=1S/C28H31N3O4S/c1-3-27(32)30-26-15-17-31(19-20(26)2)36(34,35)25-12-10-23(11-13-25)28(33)29-16-14-21-8-9-22-6-4-5-7-24(22)18-21/h3-13,18,20,26H,1,14-17,19H2,2H3,(H,29,33)(H,30,32). The lowest BCUT2D eigenvalue weighted by molar-refractivity contribution is -0.117. The van der Waals surface area contributed by atoms with Gasteiger partial charge in [-0.2, -0.15) is 4.31 Å². The molecule has 7 nitrogen and oxygen atoms in total. The van der Waals surface area contributed by atoms with Gasteiger partial charge in [0.2, 0.25) is 15.9 Å². The molecular weight excluding hydrogens is 474 g/mol. The molecule has 2 unspecified atom stereocenters. The first-order chi connectivity index (χ1) is 17.3. The molecule has 2 amide bonds. The number of hydrogen-bond acceptors (Lipinski definition) is 4. The van der Waals surface area contributed by atoms with E-state index in [0.717, 1.165) is 5.56 Å². The highest BCUT2D eigenvalue weighted by Crippen LogP contribution is 2.24. The molecule has 8 heteroatoms. The highest BCUT2D eigenvalue weighted by molar-refractivity contribution is 7.89. The Labute approximate surface area is 212 Å². The van der Waals surface area contributed by atoms with Crippen LogP contribution in [0, 0.1) is 5.92 Å². The van der Waals surface area contributed by atoms with Crippen LogP contribution in [0.1, 0.15) is 29.3 Å². The predicted octanol–water partition coefficient (Wildman–Crippen LogP) is 3.51. The number of rotatable bonds is 8. The molecule has 1 fully saturated rings. The molecule has 3 aromatic carbocycles. The van der Waals surface area contributed by atoms with Gasteiger partial charge in [-0.15, -0.1) is 0 Å². The van der Waals surface area contributed by atoms with Crippen molar-refractivity contribution < 1.29 is 18.0 Å². The zero-order valence-electron chi connectivity index (χ0n) is 20.3. The van der Waals surface area contributed by atoms with Gasteiger partial charge < -0.3 is 10.6 Å². The number of carbonyl (C=O) groups is 2. The summed E-state index contributed by atoms with van der Waals surface area (Å²) < 4.78 is 27.7. The number of benzene rings is 3. The summed E-state index contributed by atoms with van der Waals surface area (Å²) in [7, 11) is -3.70. The first-order valence-corrected chi connectivity index (χ1v) is 13.5. The third-order valence-corrected chi connectivity index (χ3v) is 8.53. The van der Waals surface area contributed by atoms with Crippen molar-refractivity contribution in [2.75, 3.05) is 19.6 Å². The average molecular weight is 506 g/mol. The first-order valence-electron chi connectivity index (χ1n) is 12.1. The summed E-state index contributed by atoms with van der Waals surface area (Å²) in [6.07, 6.45) is 2.44. The van der Waals surface area contributed by atoms with Crippen molar-refractivity contribution in [1.29, 1.82) is 0 Å². The van der Waals surface area contributed by atoms with Crippen LogP contribution in [0.25, 0.3) is 10.8 Å². The van der Waals surface area contributed by atoms with E-state index in [1.807, 2.05) is 19.1 Å². The molecular formula is C28H31N3O4S. The van der Waals surface area contributed by atoms with Crippen molar-refractivity contribution in [1.82, 2.24) is 14.9 Å². The van der Waals surface area contributed by atoms with E-state index in [1.54, 1.807) is 12.1 Å². The van der Waals surface area contributed by atoms with Crippen LogP contribution in [0.2, 0.25) is 0 Å². The van der Waals surface area contributed by atoms with Crippen LogP contribution >= 0.6 is 0 Å². The number of hydrogen-bond donors (Lipinski definition) is 2. The summed E-state index contributed by atoms with van der Waals surface area (Å²) in [4.78, 5) is 24.3. The Kier molecular flexibility index (Phi) is 7.86. The number of fused-ring (bicyclic) bond motifs is 1. The van der Waals surface area contributed by atoms with E-state index >= 15 is 0 Å². The third kappa shape index (κ3) is 5.83. The van der Waals surface area contributed by atoms with Gasteiger partial charge in [-0.1, -0.05) is 56.0 Å². The monoisotopic (exact) mass is 505 g/mol. The maximum Gasteiger partial charge on any atom is 0.251 e. The van der Waals surface area contributed by atoms with Gasteiger partial charge in [0.05, 0.1) is 4.90 Å². The molecule has 4 rings (SSSR count). The second-order valence-corrected chi connectivity index (χ2v) is 11.1. The van der Waals surface area contributed by atoms with Crippen molar-refractivity contribution in [3.63, 3.8) is 0 Å². The number of amides is 2. The van der Waals surface area contributed by atoms with Crippen molar-refractivity contribution in [2.45, 2.75) is 30.7 Å². The number of carbonyl (C=O) groups excluding carboxylic acids is 2. The van der Waals surface area contributed by atoms with Gasteiger partial charge in [-0.05, 0) is 65.4 Å². The van der Waals surface area contributed by atoms with Gasteiger partial charge in [0, 0.05) is 31.2 Å². The number of sulfonamides is 1. The maximum atomic E-state index is 13.1. The fourth-order valence-electron chi connectivity index (χ4n) is 4.53. The van der Waals surface area contributed by atoms with Gasteiger partial charge in [0.15, 0.2) is 0 Å². The summed E-state index contributed by atoms with van der Waals surface area (Å²) in [6.45, 7) is 6.47. The molecule has 2 atom stereocenters. The minimum absolute atomic E-state index is 0.0370. The number of nitrogens with zero attached hydrogens (tertiary/aromatic N) is 1. The Balaban J connectivity index is 1.33. The van der Waals surface area contributed by atoms with Crippen LogP contribution < -0.4 is 10.6 Å². The lowest BCUT2D eigenvalue weighted by Crippen LogP contribution is -2.51. The Hall–Kier alpha value is -3.49. The summed E-state index contributed by atoms with van der Waals surface area (Å²) >= 11 is 0. The molecule has 0 radical (unpaired) electrons. The molecule has 0 aromatic heterocycles. The normalized spacial score (nSPS) is 18.5. The Bertz CT molecular complexity index is 1370. The quantitative estimate of drug-likeness (QED) is 0.458. The molecule has 2 N–H and O–H groups in total. The Morgan fingerprint density at radius 2 is 1.78 bits per heavy atom. The molecule has 0 bridgehead atoms. The van der Waals surface area contributed by atoms with Crippen LogP contribution in [0.5, 0.6) is 0 Å². The number of piperidine rings is 1. The molecule has 3 aromatic rings. The van der Waals surface area contributed by atoms with Crippen LogP contribution in [-0.4, -0.2) is 50.2 Å². The number of nitrogens with one attached hydrogen (secondary N) is 2. The smallest absolute Gasteiger partial charge is 0.251 e. The van der Waals surface area contributed by atoms with E-state index in [-0.39, 0.29) is 28.7 Å². The molecule has 0 saturated carbocycles. The van der Waals surface area contributed by atoms with Crippen molar-refractivity contribution in [3.05, 3.63) is 90.5 Å². The Morgan fingerprint density at radius 1 is 1.06 bits per heavy atom. The van der Waals surface area contributed by atoms with Gasteiger partial charge >= 0.3 is 0 Å². The van der Waals surface area contributed by atoms with Gasteiger partial charge in [0.1, 0.15) is 0 Å². The van der Waals surface area contributed by atoms with E-state index in [0.29, 0.717) is 38.0 Å². The topological polar surface area (TPSA) is 95.6 Å². The summed E-state index contributed by atoms with van der Waals surface area (Å²) in [6, 6.07) is 20.3. The maximum absolute atomic E-state index is 13.1. The fraction of sp³-hybridized carbons (Fsp3) is 0.286. The van der Waals surface area contributed by atoms with Crippen LogP contribution in [0.3, 0.4) is 0 Å². The molecule has 0 spiro atoms. The second kappa shape index (κ2) is 11.1. The van der Waals surface area contributed by atoms with Crippen molar-refractivity contribution in [2.24, 2.45) is 5.92 Å². The lowest BCUT2D eigenvalue weighted by atomic mass is 9.95. The lowest BCUT2D eigenvalue weighted by Gasteiger charge is -2.36. The average Bonchev–Trinajstić information content (AvgIpc) is 2.89. The zero-order valence-corrected chi connectivity index (χ0v) is 21.1. The SMILES string of the molecule is C=CC(=O)NC1CCN(S(=O)(=O)c2ccc(C(=O)NCCc3ccc4ccccc4c3)cc2)CC1C. The second-order valence-electron chi connectivity index (χ2n) is 9.16. The van der Waals surface area contributed by atoms with E-state index in [9.17, 15) is 18.0 Å². The van der Waals surface area contributed by atoms with Crippen molar-refractivity contribution >= 4 is 32.6 Å². The van der Waals surface area contributed by atoms with Crippen molar-refractivity contribution in [3.8, 4) is 0 Å². The van der Waals surface area contributed by atoms with Crippen LogP contribution in [0.15, 0.2) is 84.3 Å². The van der Waals surface area contributed by atoms with E-state index in [4.69, 9.17) is 0 Å². The molecule has 1 heterocycles. The molecule has 36 heavy (non-hydrogen) atoms. The minimum atomic E-state index is -3.70. The molecule has 1 saturated heterocycles. The largest absolute Gasteiger partial charge is 0.352 e. The fourth-order valence-corrected chi connectivity index (χ4v) is 6.08. The third-order valence-electron chi connectivity index (χ3n) is 6.65. The Morgan fingerprint density at radius 3 is 2.47 bits per heavy atom. The van der Waals surface area contributed by atoms with Crippen LogP contribution in [-0.2, 0) is 21.2 Å². The van der Waals surface area contributed by atoms with Gasteiger partial charge in [-0.3, -0.25) is 9.59 Å². The molecule has 1 aliphatic heterocycles.